The molecule has 1 heterocycles. The lowest BCUT2D eigenvalue weighted by atomic mass is 10.1. The van der Waals surface area contributed by atoms with E-state index in [1.165, 1.54) is 11.8 Å². The Kier molecular flexibility index (Phi) is 4.23. The van der Waals surface area contributed by atoms with Crippen LogP contribution in [0.4, 0.5) is 5.69 Å². The van der Waals surface area contributed by atoms with Gasteiger partial charge in [-0.25, -0.2) is 0 Å². The fourth-order valence-corrected chi connectivity index (χ4v) is 2.03. The first-order valence-electron chi connectivity index (χ1n) is 6.16. The molecule has 1 atom stereocenters. The molecule has 2 N–H and O–H groups in total. The molecule has 4 heteroatoms. The van der Waals surface area contributed by atoms with E-state index in [2.05, 4.69) is 17.2 Å². The summed E-state index contributed by atoms with van der Waals surface area (Å²) in [5.41, 5.74) is 2.26. The third kappa shape index (κ3) is 3.03. The van der Waals surface area contributed by atoms with E-state index in [0.717, 1.165) is 18.5 Å². The first-order chi connectivity index (χ1) is 8.81. The summed E-state index contributed by atoms with van der Waals surface area (Å²) in [6, 6.07) is 7.86. The molecule has 0 aliphatic carbocycles. The fourth-order valence-electron chi connectivity index (χ4n) is 2.03. The molecule has 18 heavy (non-hydrogen) atoms. The van der Waals surface area contributed by atoms with Crippen LogP contribution >= 0.6 is 0 Å². The lowest BCUT2D eigenvalue weighted by Crippen LogP contribution is -2.39. The number of para-hydroxylation sites is 1. The summed E-state index contributed by atoms with van der Waals surface area (Å²) in [6.45, 7) is 4.67. The molecule has 0 spiro atoms. The van der Waals surface area contributed by atoms with Crippen molar-refractivity contribution in [2.45, 2.75) is 18.9 Å². The van der Waals surface area contributed by atoms with Gasteiger partial charge in [0.15, 0.2) is 0 Å². The van der Waals surface area contributed by atoms with Crippen LogP contribution in [0.25, 0.3) is 0 Å². The summed E-state index contributed by atoms with van der Waals surface area (Å²) in [6.07, 6.45) is 2.96. The summed E-state index contributed by atoms with van der Waals surface area (Å²) < 4.78 is 4.99. The predicted molar refractivity (Wildman–Crippen MR) is 71.3 cm³/mol. The molecule has 0 radical (unpaired) electrons. The minimum atomic E-state index is -0.150. The summed E-state index contributed by atoms with van der Waals surface area (Å²) in [5, 5.41) is 6.13. The zero-order valence-electron chi connectivity index (χ0n) is 10.3. The first-order valence-corrected chi connectivity index (χ1v) is 6.16. The lowest BCUT2D eigenvalue weighted by molar-refractivity contribution is -0.121. The van der Waals surface area contributed by atoms with Crippen LogP contribution in [0.3, 0.4) is 0 Å². The van der Waals surface area contributed by atoms with E-state index < -0.39 is 0 Å². The third-order valence-corrected chi connectivity index (χ3v) is 2.94. The van der Waals surface area contributed by atoms with Crippen LogP contribution in [0.5, 0.6) is 0 Å². The molecule has 0 aromatic heterocycles. The van der Waals surface area contributed by atoms with E-state index in [9.17, 15) is 4.79 Å². The highest BCUT2D eigenvalue weighted by molar-refractivity contribution is 5.87. The number of amides is 1. The summed E-state index contributed by atoms with van der Waals surface area (Å²) in [4.78, 5) is 11.9. The zero-order chi connectivity index (χ0) is 12.8. The Morgan fingerprint density at radius 2 is 2.39 bits per heavy atom. The summed E-state index contributed by atoms with van der Waals surface area (Å²) in [5.74, 6) is 0.0461. The van der Waals surface area contributed by atoms with E-state index in [1.807, 2.05) is 24.3 Å². The molecule has 1 aromatic rings. The molecule has 96 valence electrons. The van der Waals surface area contributed by atoms with Crippen LogP contribution in [-0.4, -0.2) is 25.1 Å². The van der Waals surface area contributed by atoms with Gasteiger partial charge < -0.3 is 15.4 Å². The van der Waals surface area contributed by atoms with Crippen molar-refractivity contribution in [1.82, 2.24) is 5.32 Å². The summed E-state index contributed by atoms with van der Waals surface area (Å²) in [7, 11) is 0. The standard InChI is InChI=1S/C14H18N2O2/c1-2-18-9-5-8-15-14(17)13-10-11-6-3-4-7-12(11)16-13/h2-4,6-7,13,16H,1,5,8-10H2,(H,15,17). The first kappa shape index (κ1) is 12.5. The van der Waals surface area contributed by atoms with Gasteiger partial charge in [0.25, 0.3) is 0 Å². The maximum Gasteiger partial charge on any atom is 0.242 e. The van der Waals surface area contributed by atoms with Crippen LogP contribution in [0.15, 0.2) is 37.1 Å². The van der Waals surface area contributed by atoms with Crippen molar-refractivity contribution in [2.75, 3.05) is 18.5 Å². The van der Waals surface area contributed by atoms with Gasteiger partial charge in [-0.1, -0.05) is 24.8 Å². The van der Waals surface area contributed by atoms with Crippen LogP contribution in [0.1, 0.15) is 12.0 Å². The molecule has 1 aliphatic rings. The molecule has 0 saturated heterocycles. The highest BCUT2D eigenvalue weighted by atomic mass is 16.5. The van der Waals surface area contributed by atoms with Crippen LogP contribution in [-0.2, 0) is 16.0 Å². The van der Waals surface area contributed by atoms with Gasteiger partial charge in [-0.05, 0) is 18.1 Å². The van der Waals surface area contributed by atoms with Gasteiger partial charge in [-0.15, -0.1) is 0 Å². The predicted octanol–water partition coefficient (Wildman–Crippen LogP) is 1.69. The molecule has 4 nitrogen and oxygen atoms in total. The van der Waals surface area contributed by atoms with Gasteiger partial charge in [0.1, 0.15) is 6.04 Å². The molecule has 1 unspecified atom stereocenters. The molecule has 0 saturated carbocycles. The summed E-state index contributed by atoms with van der Waals surface area (Å²) >= 11 is 0. The number of rotatable bonds is 6. The van der Waals surface area contributed by atoms with E-state index in [1.54, 1.807) is 0 Å². The molecular weight excluding hydrogens is 228 g/mol. The second kappa shape index (κ2) is 6.10. The van der Waals surface area contributed by atoms with Gasteiger partial charge >= 0.3 is 0 Å². The smallest absolute Gasteiger partial charge is 0.242 e. The molecule has 2 rings (SSSR count). The van der Waals surface area contributed by atoms with Crippen molar-refractivity contribution in [3.05, 3.63) is 42.7 Å². The van der Waals surface area contributed by atoms with Crippen molar-refractivity contribution in [3.8, 4) is 0 Å². The van der Waals surface area contributed by atoms with Gasteiger partial charge in [-0.3, -0.25) is 4.79 Å². The maximum atomic E-state index is 11.9. The van der Waals surface area contributed by atoms with Gasteiger partial charge in [0.2, 0.25) is 5.91 Å². The minimum absolute atomic E-state index is 0.0461. The molecule has 1 aliphatic heterocycles. The second-order valence-corrected chi connectivity index (χ2v) is 4.24. The average molecular weight is 246 g/mol. The maximum absolute atomic E-state index is 11.9. The highest BCUT2D eigenvalue weighted by Crippen LogP contribution is 2.24. The number of anilines is 1. The minimum Gasteiger partial charge on any atom is -0.502 e. The Hall–Kier alpha value is -1.97. The van der Waals surface area contributed by atoms with E-state index in [4.69, 9.17) is 4.74 Å². The van der Waals surface area contributed by atoms with Crippen LogP contribution in [0, 0.1) is 0 Å². The largest absolute Gasteiger partial charge is 0.502 e. The van der Waals surface area contributed by atoms with Gasteiger partial charge in [0, 0.05) is 18.7 Å². The Morgan fingerprint density at radius 1 is 1.56 bits per heavy atom. The monoisotopic (exact) mass is 246 g/mol. The van der Waals surface area contributed by atoms with Gasteiger partial charge in [-0.2, -0.15) is 0 Å². The third-order valence-electron chi connectivity index (χ3n) is 2.94. The Morgan fingerprint density at radius 3 is 3.17 bits per heavy atom. The molecular formula is C14H18N2O2. The Bertz CT molecular complexity index is 407. The normalized spacial score (nSPS) is 16.6. The zero-order valence-corrected chi connectivity index (χ0v) is 10.3. The van der Waals surface area contributed by atoms with E-state index in [-0.39, 0.29) is 11.9 Å². The molecule has 1 amide bonds. The van der Waals surface area contributed by atoms with Crippen LogP contribution in [0.2, 0.25) is 0 Å². The Labute approximate surface area is 107 Å². The number of carbonyl (C=O) groups is 1. The number of hydrogen-bond acceptors (Lipinski definition) is 3. The number of hydrogen-bond donors (Lipinski definition) is 2. The van der Waals surface area contributed by atoms with Gasteiger partial charge in [0.05, 0.1) is 12.9 Å². The lowest BCUT2D eigenvalue weighted by Gasteiger charge is -2.11. The number of fused-ring (bicyclic) bond motifs is 1. The van der Waals surface area contributed by atoms with Crippen LogP contribution < -0.4 is 10.6 Å². The fraction of sp³-hybridized carbons (Fsp3) is 0.357. The molecule has 0 fully saturated rings. The van der Waals surface area contributed by atoms with E-state index >= 15 is 0 Å². The average Bonchev–Trinajstić information content (AvgIpc) is 2.82. The van der Waals surface area contributed by atoms with Crippen molar-refractivity contribution >= 4 is 11.6 Å². The Balaban J connectivity index is 1.74. The number of benzene rings is 1. The number of ether oxygens (including phenoxy) is 1. The van der Waals surface area contributed by atoms with Crippen molar-refractivity contribution in [2.24, 2.45) is 0 Å². The SMILES string of the molecule is C=COCCCNC(=O)C1Cc2ccccc2N1. The van der Waals surface area contributed by atoms with Crippen molar-refractivity contribution in [3.63, 3.8) is 0 Å². The quantitative estimate of drug-likeness (QED) is 0.593. The van der Waals surface area contributed by atoms with Crippen molar-refractivity contribution < 1.29 is 9.53 Å². The molecule has 0 bridgehead atoms. The van der Waals surface area contributed by atoms with E-state index in [0.29, 0.717) is 13.2 Å². The van der Waals surface area contributed by atoms with Crippen molar-refractivity contribution in [1.29, 1.82) is 0 Å². The molecule has 1 aromatic carbocycles. The number of nitrogens with one attached hydrogen (secondary N) is 2. The second-order valence-electron chi connectivity index (χ2n) is 4.24. The highest BCUT2D eigenvalue weighted by Gasteiger charge is 2.25. The topological polar surface area (TPSA) is 50.4 Å². The number of carbonyl (C=O) groups excluding carboxylic acids is 1.